The predicted octanol–water partition coefficient (Wildman–Crippen LogP) is 4.55. The minimum Gasteiger partial charge on any atom is -0.367 e. The lowest BCUT2D eigenvalue weighted by atomic mass is 10.1. The smallest absolute Gasteiger partial charge is 0.124 e. The van der Waals surface area contributed by atoms with Crippen LogP contribution < -0.4 is 4.90 Å². The van der Waals surface area contributed by atoms with Crippen molar-refractivity contribution in [2.75, 3.05) is 11.9 Å². The molecule has 0 spiro atoms. The van der Waals surface area contributed by atoms with E-state index in [1.165, 1.54) is 12.1 Å². The minimum absolute atomic E-state index is 0.0461. The summed E-state index contributed by atoms with van der Waals surface area (Å²) in [6.45, 7) is 2.02. The van der Waals surface area contributed by atoms with E-state index >= 15 is 0 Å². The minimum atomic E-state index is -0.405. The van der Waals surface area contributed by atoms with E-state index in [0.29, 0.717) is 16.3 Å². The van der Waals surface area contributed by atoms with Crippen LogP contribution in [0.4, 0.5) is 10.1 Å². The van der Waals surface area contributed by atoms with Crippen LogP contribution in [-0.4, -0.2) is 7.05 Å². The predicted molar refractivity (Wildman–Crippen MR) is 79.4 cm³/mol. The normalized spacial score (nSPS) is 11.8. The Balaban J connectivity index is 2.33. The number of rotatable bonds is 3. The van der Waals surface area contributed by atoms with Gasteiger partial charge in [-0.3, -0.25) is 0 Å². The summed E-state index contributed by atoms with van der Waals surface area (Å²) in [5, 5.41) is 9.80. The molecule has 0 bridgehead atoms. The Kier molecular flexibility index (Phi) is 4.26. The number of halogens is 2. The van der Waals surface area contributed by atoms with E-state index in [4.69, 9.17) is 16.9 Å². The van der Waals surface area contributed by atoms with Crippen LogP contribution in [0.1, 0.15) is 24.1 Å². The maximum atomic E-state index is 13.2. The van der Waals surface area contributed by atoms with Crippen LogP contribution in [0.5, 0.6) is 0 Å². The summed E-state index contributed by atoms with van der Waals surface area (Å²) >= 11 is 5.88. The van der Waals surface area contributed by atoms with Crippen LogP contribution in [0.15, 0.2) is 42.5 Å². The number of anilines is 1. The van der Waals surface area contributed by atoms with E-state index < -0.39 is 5.82 Å². The van der Waals surface area contributed by atoms with Gasteiger partial charge in [-0.2, -0.15) is 5.26 Å². The largest absolute Gasteiger partial charge is 0.367 e. The summed E-state index contributed by atoms with van der Waals surface area (Å²) in [6, 6.07) is 13.9. The van der Waals surface area contributed by atoms with Crippen LogP contribution in [-0.2, 0) is 0 Å². The van der Waals surface area contributed by atoms with Crippen molar-refractivity contribution in [1.82, 2.24) is 0 Å². The lowest BCUT2D eigenvalue weighted by Crippen LogP contribution is -2.22. The number of hydrogen-bond acceptors (Lipinski definition) is 2. The molecule has 0 aliphatic heterocycles. The molecular formula is C16H14ClFN2. The Bertz CT molecular complexity index is 647. The summed E-state index contributed by atoms with van der Waals surface area (Å²) in [5.41, 5.74) is 2.11. The highest BCUT2D eigenvalue weighted by Gasteiger charge is 2.15. The zero-order valence-electron chi connectivity index (χ0n) is 11.3. The van der Waals surface area contributed by atoms with Gasteiger partial charge in [0, 0.05) is 12.1 Å². The number of benzene rings is 2. The van der Waals surface area contributed by atoms with Gasteiger partial charge in [-0.1, -0.05) is 23.7 Å². The molecule has 2 rings (SSSR count). The average molecular weight is 289 g/mol. The first-order valence-electron chi connectivity index (χ1n) is 6.21. The Morgan fingerprint density at radius 2 is 1.85 bits per heavy atom. The van der Waals surface area contributed by atoms with Gasteiger partial charge in [0.25, 0.3) is 0 Å². The van der Waals surface area contributed by atoms with Crippen LogP contribution in [0.25, 0.3) is 0 Å². The van der Waals surface area contributed by atoms with E-state index in [2.05, 4.69) is 0 Å². The van der Waals surface area contributed by atoms with E-state index in [-0.39, 0.29) is 6.04 Å². The molecule has 0 radical (unpaired) electrons. The van der Waals surface area contributed by atoms with Gasteiger partial charge >= 0.3 is 0 Å². The van der Waals surface area contributed by atoms with E-state index in [1.54, 1.807) is 6.07 Å². The summed E-state index contributed by atoms with van der Waals surface area (Å²) in [7, 11) is 1.88. The molecule has 4 heteroatoms. The topological polar surface area (TPSA) is 27.0 Å². The molecule has 2 aromatic carbocycles. The molecule has 0 aliphatic carbocycles. The van der Waals surface area contributed by atoms with Crippen molar-refractivity contribution in [3.05, 3.63) is 64.4 Å². The zero-order chi connectivity index (χ0) is 14.7. The van der Waals surface area contributed by atoms with Gasteiger partial charge in [-0.25, -0.2) is 4.39 Å². The Morgan fingerprint density at radius 3 is 2.45 bits per heavy atom. The fraction of sp³-hybridized carbons (Fsp3) is 0.188. The van der Waals surface area contributed by atoms with Gasteiger partial charge < -0.3 is 4.90 Å². The standard InChI is InChI=1S/C16H14ClFN2/c1-11(12-3-5-14(17)6-4-12)20(2)16-8-7-15(18)9-13(16)10-19/h3-9,11H,1-2H3. The van der Waals surface area contributed by atoms with Crippen molar-refractivity contribution in [3.8, 4) is 6.07 Å². The Hall–Kier alpha value is -2.05. The molecule has 2 nitrogen and oxygen atoms in total. The Morgan fingerprint density at radius 1 is 1.20 bits per heavy atom. The number of hydrogen-bond donors (Lipinski definition) is 0. The quantitative estimate of drug-likeness (QED) is 0.828. The molecule has 0 saturated carbocycles. The third-order valence-corrected chi connectivity index (χ3v) is 3.64. The van der Waals surface area contributed by atoms with Crippen molar-refractivity contribution in [2.45, 2.75) is 13.0 Å². The molecule has 0 N–H and O–H groups in total. The first-order valence-corrected chi connectivity index (χ1v) is 6.58. The second-order valence-corrected chi connectivity index (χ2v) is 5.05. The molecule has 102 valence electrons. The van der Waals surface area contributed by atoms with E-state index in [0.717, 1.165) is 5.56 Å². The highest BCUT2D eigenvalue weighted by atomic mass is 35.5. The van der Waals surface area contributed by atoms with Crippen molar-refractivity contribution >= 4 is 17.3 Å². The molecule has 1 atom stereocenters. The van der Waals surface area contributed by atoms with Gasteiger partial charge in [0.05, 0.1) is 17.3 Å². The molecule has 0 heterocycles. The molecule has 0 aliphatic rings. The van der Waals surface area contributed by atoms with E-state index in [1.807, 2.05) is 49.2 Å². The number of nitriles is 1. The van der Waals surface area contributed by atoms with Crippen LogP contribution >= 0.6 is 11.6 Å². The number of nitrogens with zero attached hydrogens (tertiary/aromatic N) is 2. The van der Waals surface area contributed by atoms with Gasteiger partial charge in [0.2, 0.25) is 0 Å². The summed E-state index contributed by atoms with van der Waals surface area (Å²) < 4.78 is 13.2. The zero-order valence-corrected chi connectivity index (χ0v) is 12.0. The van der Waals surface area contributed by atoms with Gasteiger partial charge in [0.1, 0.15) is 11.9 Å². The lowest BCUT2D eigenvalue weighted by molar-refractivity contribution is 0.626. The molecule has 1 unspecified atom stereocenters. The van der Waals surface area contributed by atoms with Gasteiger partial charge in [-0.15, -0.1) is 0 Å². The van der Waals surface area contributed by atoms with Crippen molar-refractivity contribution in [3.63, 3.8) is 0 Å². The first-order chi connectivity index (χ1) is 9.52. The summed E-state index contributed by atoms with van der Waals surface area (Å²) in [6.07, 6.45) is 0. The fourth-order valence-corrected chi connectivity index (χ4v) is 2.20. The second kappa shape index (κ2) is 5.94. The van der Waals surface area contributed by atoms with Crippen molar-refractivity contribution < 1.29 is 4.39 Å². The first kappa shape index (κ1) is 14.4. The SMILES string of the molecule is CC(c1ccc(Cl)cc1)N(C)c1ccc(F)cc1C#N. The molecule has 2 aromatic rings. The molecule has 0 saturated heterocycles. The highest BCUT2D eigenvalue weighted by Crippen LogP contribution is 2.29. The molecular weight excluding hydrogens is 275 g/mol. The maximum absolute atomic E-state index is 13.2. The average Bonchev–Trinajstić information content (AvgIpc) is 2.46. The molecule has 0 amide bonds. The van der Waals surface area contributed by atoms with Crippen LogP contribution in [0.3, 0.4) is 0 Å². The summed E-state index contributed by atoms with van der Waals surface area (Å²) in [4.78, 5) is 1.95. The molecule has 0 aromatic heterocycles. The van der Waals surface area contributed by atoms with Gasteiger partial charge in [-0.05, 0) is 42.8 Å². The lowest BCUT2D eigenvalue weighted by Gasteiger charge is -2.28. The van der Waals surface area contributed by atoms with E-state index in [9.17, 15) is 4.39 Å². The fourth-order valence-electron chi connectivity index (χ4n) is 2.08. The third-order valence-electron chi connectivity index (χ3n) is 3.39. The third kappa shape index (κ3) is 2.92. The van der Waals surface area contributed by atoms with Gasteiger partial charge in [0.15, 0.2) is 0 Å². The van der Waals surface area contributed by atoms with Crippen LogP contribution in [0, 0.1) is 17.1 Å². The van der Waals surface area contributed by atoms with Crippen LogP contribution in [0.2, 0.25) is 5.02 Å². The highest BCUT2D eigenvalue weighted by molar-refractivity contribution is 6.30. The molecule has 0 fully saturated rings. The summed E-state index contributed by atoms with van der Waals surface area (Å²) in [5.74, 6) is -0.405. The molecule has 20 heavy (non-hydrogen) atoms. The van der Waals surface area contributed by atoms with Crippen molar-refractivity contribution in [1.29, 1.82) is 5.26 Å². The maximum Gasteiger partial charge on any atom is 0.124 e. The monoisotopic (exact) mass is 288 g/mol. The Labute approximate surface area is 123 Å². The second-order valence-electron chi connectivity index (χ2n) is 4.61. The van der Waals surface area contributed by atoms with Crippen molar-refractivity contribution in [2.24, 2.45) is 0 Å².